The van der Waals surface area contributed by atoms with Crippen molar-refractivity contribution in [1.29, 1.82) is 0 Å². The van der Waals surface area contributed by atoms with Crippen molar-refractivity contribution in [3.63, 3.8) is 0 Å². The van der Waals surface area contributed by atoms with E-state index in [0.29, 0.717) is 37.4 Å². The fourth-order valence-corrected chi connectivity index (χ4v) is 4.12. The molecule has 0 radical (unpaired) electrons. The van der Waals surface area contributed by atoms with Crippen molar-refractivity contribution >= 4 is 39.2 Å². The predicted octanol–water partition coefficient (Wildman–Crippen LogP) is 4.00. The molecule has 33 heavy (non-hydrogen) atoms. The van der Waals surface area contributed by atoms with Crippen molar-refractivity contribution in [3.8, 4) is 5.75 Å². The van der Waals surface area contributed by atoms with E-state index in [1.807, 2.05) is 65.6 Å². The minimum absolute atomic E-state index is 0.0406. The van der Waals surface area contributed by atoms with Crippen LogP contribution in [0.1, 0.15) is 15.9 Å². The monoisotopic (exact) mass is 508 g/mol. The molecule has 3 aromatic rings. The molecule has 0 saturated carbocycles. The molecule has 7 nitrogen and oxygen atoms in total. The molecule has 0 bridgehead atoms. The van der Waals surface area contributed by atoms with Crippen LogP contribution in [0, 0.1) is 0 Å². The van der Waals surface area contributed by atoms with Gasteiger partial charge in [-0.3, -0.25) is 9.59 Å². The third kappa shape index (κ3) is 5.90. The van der Waals surface area contributed by atoms with E-state index in [1.54, 1.807) is 13.3 Å². The number of halogens is 1. The number of amides is 2. The standard InChI is InChI=1S/C25H25BrN4O3/c1-33-22-8-5-18(6-9-22)15-24(31)28-21-7-10-23(27-17-21)29-11-13-30(14-12-29)25(32)19-3-2-4-20(26)16-19/h2-10,16-17H,11-15H2,1H3,(H,28,31). The quantitative estimate of drug-likeness (QED) is 0.544. The molecule has 4 rings (SSSR count). The van der Waals surface area contributed by atoms with Gasteiger partial charge in [-0.25, -0.2) is 4.98 Å². The van der Waals surface area contributed by atoms with Crippen LogP contribution in [0.5, 0.6) is 5.75 Å². The summed E-state index contributed by atoms with van der Waals surface area (Å²) in [5, 5.41) is 2.89. The zero-order valence-electron chi connectivity index (χ0n) is 18.3. The van der Waals surface area contributed by atoms with Crippen LogP contribution in [0.15, 0.2) is 71.3 Å². The second-order valence-electron chi connectivity index (χ2n) is 7.77. The van der Waals surface area contributed by atoms with Gasteiger partial charge in [0.25, 0.3) is 5.91 Å². The van der Waals surface area contributed by atoms with Gasteiger partial charge in [0.15, 0.2) is 0 Å². The van der Waals surface area contributed by atoms with Gasteiger partial charge in [0.1, 0.15) is 11.6 Å². The van der Waals surface area contributed by atoms with E-state index >= 15 is 0 Å². The van der Waals surface area contributed by atoms with Crippen LogP contribution in [0.4, 0.5) is 11.5 Å². The van der Waals surface area contributed by atoms with Crippen molar-refractivity contribution in [3.05, 3.63) is 82.5 Å². The van der Waals surface area contributed by atoms with Crippen LogP contribution in [0.25, 0.3) is 0 Å². The molecule has 1 N–H and O–H groups in total. The van der Waals surface area contributed by atoms with Crippen molar-refractivity contribution in [2.75, 3.05) is 43.5 Å². The van der Waals surface area contributed by atoms with Gasteiger partial charge in [-0.05, 0) is 48.0 Å². The molecular weight excluding hydrogens is 484 g/mol. The fraction of sp³-hybridized carbons (Fsp3) is 0.240. The Morgan fingerprint density at radius 3 is 2.42 bits per heavy atom. The fourth-order valence-electron chi connectivity index (χ4n) is 3.72. The molecule has 1 aliphatic heterocycles. The Morgan fingerprint density at radius 2 is 1.79 bits per heavy atom. The number of piperazine rings is 1. The number of nitrogens with one attached hydrogen (secondary N) is 1. The van der Waals surface area contributed by atoms with Crippen molar-refractivity contribution in [1.82, 2.24) is 9.88 Å². The number of methoxy groups -OCH3 is 1. The van der Waals surface area contributed by atoms with Crippen molar-refractivity contribution in [2.45, 2.75) is 6.42 Å². The molecule has 8 heteroatoms. The minimum atomic E-state index is -0.102. The van der Waals surface area contributed by atoms with Gasteiger partial charge in [0.05, 0.1) is 25.4 Å². The Bertz CT molecular complexity index is 1110. The third-order valence-corrected chi connectivity index (χ3v) is 6.01. The lowest BCUT2D eigenvalue weighted by Gasteiger charge is -2.35. The van der Waals surface area contributed by atoms with Gasteiger partial charge in [-0.1, -0.05) is 34.1 Å². The highest BCUT2D eigenvalue weighted by Crippen LogP contribution is 2.19. The summed E-state index contributed by atoms with van der Waals surface area (Å²) in [6.07, 6.45) is 1.94. The molecule has 170 valence electrons. The second kappa shape index (κ2) is 10.5. The molecule has 1 fully saturated rings. The maximum atomic E-state index is 12.7. The number of anilines is 2. The minimum Gasteiger partial charge on any atom is -0.497 e. The van der Waals surface area contributed by atoms with Gasteiger partial charge in [-0.15, -0.1) is 0 Å². The largest absolute Gasteiger partial charge is 0.497 e. The molecule has 0 atom stereocenters. The van der Waals surface area contributed by atoms with Crippen LogP contribution >= 0.6 is 15.9 Å². The van der Waals surface area contributed by atoms with Gasteiger partial charge >= 0.3 is 0 Å². The first-order valence-corrected chi connectivity index (χ1v) is 11.5. The van der Waals surface area contributed by atoms with Crippen LogP contribution in [-0.4, -0.2) is 55.0 Å². The van der Waals surface area contributed by atoms with Crippen LogP contribution < -0.4 is 15.0 Å². The summed E-state index contributed by atoms with van der Waals surface area (Å²) < 4.78 is 6.03. The summed E-state index contributed by atoms with van der Waals surface area (Å²) >= 11 is 3.42. The normalized spacial score (nSPS) is 13.5. The number of hydrogen-bond acceptors (Lipinski definition) is 5. The van der Waals surface area contributed by atoms with E-state index in [4.69, 9.17) is 4.74 Å². The second-order valence-corrected chi connectivity index (χ2v) is 8.68. The first-order valence-electron chi connectivity index (χ1n) is 10.7. The molecule has 2 heterocycles. The lowest BCUT2D eigenvalue weighted by molar-refractivity contribution is -0.115. The van der Waals surface area contributed by atoms with E-state index in [-0.39, 0.29) is 18.2 Å². The van der Waals surface area contributed by atoms with Gasteiger partial charge in [0, 0.05) is 36.2 Å². The highest BCUT2D eigenvalue weighted by Gasteiger charge is 2.23. The highest BCUT2D eigenvalue weighted by atomic mass is 79.9. The zero-order valence-corrected chi connectivity index (χ0v) is 19.9. The Morgan fingerprint density at radius 1 is 1.03 bits per heavy atom. The molecule has 1 aliphatic rings. The summed E-state index contributed by atoms with van der Waals surface area (Å²) in [5.74, 6) is 1.53. The topological polar surface area (TPSA) is 74.8 Å². The van der Waals surface area contributed by atoms with E-state index < -0.39 is 0 Å². The van der Waals surface area contributed by atoms with Gasteiger partial charge < -0.3 is 19.9 Å². The first kappa shape index (κ1) is 22.8. The average molecular weight is 509 g/mol. The van der Waals surface area contributed by atoms with E-state index in [1.165, 1.54) is 0 Å². The number of benzene rings is 2. The molecule has 1 saturated heterocycles. The summed E-state index contributed by atoms with van der Waals surface area (Å²) in [6, 6.07) is 18.6. The number of carbonyl (C=O) groups is 2. The smallest absolute Gasteiger partial charge is 0.254 e. The Kier molecular flexibility index (Phi) is 7.24. The summed E-state index contributed by atoms with van der Waals surface area (Å²) in [4.78, 5) is 33.6. The summed E-state index contributed by atoms with van der Waals surface area (Å²) in [6.45, 7) is 2.67. The molecule has 2 amide bonds. The number of rotatable bonds is 6. The van der Waals surface area contributed by atoms with Crippen LogP contribution in [-0.2, 0) is 11.2 Å². The number of pyridine rings is 1. The highest BCUT2D eigenvalue weighted by molar-refractivity contribution is 9.10. The van der Waals surface area contributed by atoms with E-state index in [9.17, 15) is 9.59 Å². The Labute approximate surface area is 201 Å². The zero-order chi connectivity index (χ0) is 23.2. The van der Waals surface area contributed by atoms with E-state index in [2.05, 4.69) is 31.1 Å². The average Bonchev–Trinajstić information content (AvgIpc) is 2.84. The van der Waals surface area contributed by atoms with Crippen LogP contribution in [0.2, 0.25) is 0 Å². The number of nitrogens with zero attached hydrogens (tertiary/aromatic N) is 3. The first-order chi connectivity index (χ1) is 16.0. The number of hydrogen-bond donors (Lipinski definition) is 1. The molecule has 1 aromatic heterocycles. The lowest BCUT2D eigenvalue weighted by atomic mass is 10.1. The number of aromatic nitrogens is 1. The van der Waals surface area contributed by atoms with Crippen LogP contribution in [0.3, 0.4) is 0 Å². The molecule has 0 spiro atoms. The van der Waals surface area contributed by atoms with Crippen molar-refractivity contribution in [2.24, 2.45) is 0 Å². The molecule has 0 unspecified atom stereocenters. The predicted molar refractivity (Wildman–Crippen MR) is 132 cm³/mol. The molecule has 0 aliphatic carbocycles. The van der Waals surface area contributed by atoms with Crippen molar-refractivity contribution < 1.29 is 14.3 Å². The number of carbonyl (C=O) groups excluding carboxylic acids is 2. The lowest BCUT2D eigenvalue weighted by Crippen LogP contribution is -2.49. The SMILES string of the molecule is COc1ccc(CC(=O)Nc2ccc(N3CCN(C(=O)c4cccc(Br)c4)CC3)nc2)cc1. The Hall–Kier alpha value is -3.39. The maximum Gasteiger partial charge on any atom is 0.254 e. The van der Waals surface area contributed by atoms with Gasteiger partial charge in [0.2, 0.25) is 5.91 Å². The number of ether oxygens (including phenoxy) is 1. The third-order valence-electron chi connectivity index (χ3n) is 5.52. The molecule has 2 aromatic carbocycles. The Balaban J connectivity index is 1.28. The van der Waals surface area contributed by atoms with E-state index in [0.717, 1.165) is 21.6 Å². The summed E-state index contributed by atoms with van der Waals surface area (Å²) in [7, 11) is 1.61. The molecular formula is C25H25BrN4O3. The summed E-state index contributed by atoms with van der Waals surface area (Å²) in [5.41, 5.74) is 2.25. The maximum absolute atomic E-state index is 12.7. The van der Waals surface area contributed by atoms with Gasteiger partial charge in [-0.2, -0.15) is 0 Å².